The highest BCUT2D eigenvalue weighted by Gasteiger charge is 2.24. The summed E-state index contributed by atoms with van der Waals surface area (Å²) in [5, 5.41) is 0. The number of amides is 1. The SMILES string of the molecule is O=C(CCC(=O)c1ccc(-c2ccccc2)cc1)OCC(=O)N1CCc2ccccc21. The number of Topliss-reactive ketones (excluding diaryl/α,β-unsaturated/α-hetero) is 1. The van der Waals surface area contributed by atoms with E-state index < -0.39 is 5.97 Å². The largest absolute Gasteiger partial charge is 0.456 e. The third-order valence-electron chi connectivity index (χ3n) is 5.42. The van der Waals surface area contributed by atoms with E-state index in [0.717, 1.165) is 28.8 Å². The molecular weight excluding hydrogens is 390 g/mol. The van der Waals surface area contributed by atoms with Crippen LogP contribution in [0.25, 0.3) is 11.1 Å². The van der Waals surface area contributed by atoms with Crippen LogP contribution in [0.1, 0.15) is 28.8 Å². The highest BCUT2D eigenvalue weighted by atomic mass is 16.5. The number of fused-ring (bicyclic) bond motifs is 1. The fourth-order valence-corrected chi connectivity index (χ4v) is 3.73. The van der Waals surface area contributed by atoms with Crippen LogP contribution < -0.4 is 4.90 Å². The molecule has 0 spiro atoms. The van der Waals surface area contributed by atoms with Crippen LogP contribution in [0, 0.1) is 0 Å². The first kappa shape index (κ1) is 20.5. The molecule has 0 atom stereocenters. The number of hydrogen-bond donors (Lipinski definition) is 0. The number of carbonyl (C=O) groups is 3. The molecule has 0 aromatic heterocycles. The third kappa shape index (κ3) is 4.89. The quantitative estimate of drug-likeness (QED) is 0.424. The lowest BCUT2D eigenvalue weighted by Gasteiger charge is -2.17. The molecule has 5 heteroatoms. The van der Waals surface area contributed by atoms with Crippen molar-refractivity contribution in [2.75, 3.05) is 18.1 Å². The van der Waals surface area contributed by atoms with Gasteiger partial charge in [0.05, 0.1) is 6.42 Å². The molecule has 1 aliphatic rings. The summed E-state index contributed by atoms with van der Waals surface area (Å²) in [4.78, 5) is 38.5. The van der Waals surface area contributed by atoms with Gasteiger partial charge in [-0.05, 0) is 29.2 Å². The van der Waals surface area contributed by atoms with E-state index in [4.69, 9.17) is 4.74 Å². The fourth-order valence-electron chi connectivity index (χ4n) is 3.73. The first-order valence-electron chi connectivity index (χ1n) is 10.3. The fraction of sp³-hybridized carbons (Fsp3) is 0.192. The molecule has 0 aliphatic carbocycles. The molecule has 0 fully saturated rings. The lowest BCUT2D eigenvalue weighted by atomic mass is 10.0. The van der Waals surface area contributed by atoms with E-state index >= 15 is 0 Å². The van der Waals surface area contributed by atoms with E-state index in [-0.39, 0.29) is 31.1 Å². The molecule has 0 saturated heterocycles. The van der Waals surface area contributed by atoms with Crippen LogP contribution in [0.3, 0.4) is 0 Å². The summed E-state index contributed by atoms with van der Waals surface area (Å²) in [7, 11) is 0. The summed E-state index contributed by atoms with van der Waals surface area (Å²) in [6, 6.07) is 24.9. The van der Waals surface area contributed by atoms with Gasteiger partial charge < -0.3 is 9.64 Å². The second-order valence-corrected chi connectivity index (χ2v) is 7.45. The molecular formula is C26H23NO4. The molecule has 0 bridgehead atoms. The minimum atomic E-state index is -0.546. The molecule has 5 nitrogen and oxygen atoms in total. The molecule has 31 heavy (non-hydrogen) atoms. The Bertz CT molecular complexity index is 1090. The van der Waals surface area contributed by atoms with E-state index in [0.29, 0.717) is 12.1 Å². The van der Waals surface area contributed by atoms with E-state index in [1.807, 2.05) is 66.7 Å². The Labute approximate surface area is 181 Å². The third-order valence-corrected chi connectivity index (χ3v) is 5.42. The molecule has 0 N–H and O–H groups in total. The average Bonchev–Trinajstić information content (AvgIpc) is 3.26. The predicted octanol–water partition coefficient (Wildman–Crippen LogP) is 4.45. The summed E-state index contributed by atoms with van der Waals surface area (Å²) in [5.74, 6) is -0.924. The van der Waals surface area contributed by atoms with Gasteiger partial charge in [-0.1, -0.05) is 72.8 Å². The van der Waals surface area contributed by atoms with Gasteiger partial charge in [0, 0.05) is 24.2 Å². The topological polar surface area (TPSA) is 63.7 Å². The van der Waals surface area contributed by atoms with Crippen LogP contribution in [0.2, 0.25) is 0 Å². The monoisotopic (exact) mass is 413 g/mol. The van der Waals surface area contributed by atoms with Crippen LogP contribution >= 0.6 is 0 Å². The maximum atomic E-state index is 12.4. The van der Waals surface area contributed by atoms with E-state index in [1.165, 1.54) is 0 Å². The lowest BCUT2D eigenvalue weighted by molar-refractivity contribution is -0.147. The van der Waals surface area contributed by atoms with Crippen LogP contribution in [0.5, 0.6) is 0 Å². The van der Waals surface area contributed by atoms with Crippen molar-refractivity contribution in [3.8, 4) is 11.1 Å². The van der Waals surface area contributed by atoms with Gasteiger partial charge in [0.2, 0.25) is 0 Å². The van der Waals surface area contributed by atoms with Gasteiger partial charge in [0.1, 0.15) is 0 Å². The number of rotatable bonds is 7. The highest BCUT2D eigenvalue weighted by Crippen LogP contribution is 2.27. The van der Waals surface area contributed by atoms with Crippen molar-refractivity contribution in [3.05, 3.63) is 90.0 Å². The molecule has 0 radical (unpaired) electrons. The maximum absolute atomic E-state index is 12.4. The molecule has 3 aromatic rings. The molecule has 3 aromatic carbocycles. The van der Waals surface area contributed by atoms with E-state index in [2.05, 4.69) is 0 Å². The molecule has 4 rings (SSSR count). The lowest BCUT2D eigenvalue weighted by Crippen LogP contribution is -2.33. The summed E-state index contributed by atoms with van der Waals surface area (Å²) in [6.45, 7) is 0.278. The van der Waals surface area contributed by atoms with Gasteiger partial charge in [0.25, 0.3) is 5.91 Å². The van der Waals surface area contributed by atoms with Crippen molar-refractivity contribution in [2.45, 2.75) is 19.3 Å². The van der Waals surface area contributed by atoms with Crippen LogP contribution in [0.15, 0.2) is 78.9 Å². The van der Waals surface area contributed by atoms with E-state index in [9.17, 15) is 14.4 Å². The zero-order chi connectivity index (χ0) is 21.6. The number of esters is 1. The van der Waals surface area contributed by atoms with Crippen molar-refractivity contribution in [2.24, 2.45) is 0 Å². The highest BCUT2D eigenvalue weighted by molar-refractivity contribution is 5.99. The second-order valence-electron chi connectivity index (χ2n) is 7.45. The zero-order valence-corrected chi connectivity index (χ0v) is 17.1. The Morgan fingerprint density at radius 1 is 0.774 bits per heavy atom. The predicted molar refractivity (Wildman–Crippen MR) is 119 cm³/mol. The number of benzene rings is 3. The molecule has 156 valence electrons. The van der Waals surface area contributed by atoms with Gasteiger partial charge in [-0.3, -0.25) is 14.4 Å². The number of nitrogens with zero attached hydrogens (tertiary/aromatic N) is 1. The average molecular weight is 413 g/mol. The van der Waals surface area contributed by atoms with Gasteiger partial charge >= 0.3 is 5.97 Å². The Hall–Kier alpha value is -3.73. The van der Waals surface area contributed by atoms with Crippen molar-refractivity contribution in [1.29, 1.82) is 0 Å². The summed E-state index contributed by atoms with van der Waals surface area (Å²) < 4.78 is 5.11. The maximum Gasteiger partial charge on any atom is 0.306 e. The minimum Gasteiger partial charge on any atom is -0.456 e. The van der Waals surface area contributed by atoms with Gasteiger partial charge in [-0.15, -0.1) is 0 Å². The van der Waals surface area contributed by atoms with Crippen molar-refractivity contribution >= 4 is 23.3 Å². The zero-order valence-electron chi connectivity index (χ0n) is 17.1. The summed E-state index contributed by atoms with van der Waals surface area (Å²) in [6.07, 6.45) is 0.792. The molecule has 1 amide bonds. The van der Waals surface area contributed by atoms with Crippen LogP contribution in [-0.4, -0.2) is 30.8 Å². The number of anilines is 1. The minimum absolute atomic E-state index is 0.0459. The number of hydrogen-bond acceptors (Lipinski definition) is 4. The molecule has 1 aliphatic heterocycles. The number of carbonyl (C=O) groups excluding carboxylic acids is 3. The number of ether oxygens (including phenoxy) is 1. The molecule has 1 heterocycles. The Morgan fingerprint density at radius 2 is 1.45 bits per heavy atom. The van der Waals surface area contributed by atoms with Crippen LogP contribution in [0.4, 0.5) is 5.69 Å². The normalized spacial score (nSPS) is 12.3. The van der Waals surface area contributed by atoms with Gasteiger partial charge in [-0.25, -0.2) is 0 Å². The van der Waals surface area contributed by atoms with Crippen molar-refractivity contribution in [3.63, 3.8) is 0 Å². The Balaban J connectivity index is 1.24. The van der Waals surface area contributed by atoms with Crippen molar-refractivity contribution in [1.82, 2.24) is 0 Å². The first-order valence-corrected chi connectivity index (χ1v) is 10.3. The molecule has 0 unspecified atom stereocenters. The van der Waals surface area contributed by atoms with Crippen molar-refractivity contribution < 1.29 is 19.1 Å². The van der Waals surface area contributed by atoms with Gasteiger partial charge in [0.15, 0.2) is 12.4 Å². The van der Waals surface area contributed by atoms with Gasteiger partial charge in [-0.2, -0.15) is 0 Å². The second kappa shape index (κ2) is 9.39. The first-order chi connectivity index (χ1) is 15.1. The smallest absolute Gasteiger partial charge is 0.306 e. The Morgan fingerprint density at radius 3 is 2.23 bits per heavy atom. The summed E-state index contributed by atoms with van der Waals surface area (Å²) >= 11 is 0. The number of para-hydroxylation sites is 1. The standard InChI is InChI=1S/C26H23NO4/c28-24(22-12-10-20(11-13-22)19-6-2-1-3-7-19)14-15-26(30)31-18-25(29)27-17-16-21-8-4-5-9-23(21)27/h1-13H,14-18H2. The van der Waals surface area contributed by atoms with E-state index in [1.54, 1.807) is 17.0 Å². The Kier molecular flexibility index (Phi) is 6.22. The molecule has 0 saturated carbocycles. The van der Waals surface area contributed by atoms with Crippen LogP contribution in [-0.2, 0) is 20.7 Å². The number of ketones is 1. The summed E-state index contributed by atoms with van der Waals surface area (Å²) in [5.41, 5.74) is 4.65.